The Bertz CT molecular complexity index is 760. The highest BCUT2D eigenvalue weighted by Gasteiger charge is 2.23. The maximum absolute atomic E-state index is 12.1. The van der Waals surface area contributed by atoms with E-state index in [1.54, 1.807) is 42.7 Å². The highest BCUT2D eigenvalue weighted by Crippen LogP contribution is 2.15. The SMILES string of the molecule is N#Cc1cccc(OCC(=O)NC2CCCN(c3ncccn3)C2)c1. The number of carbonyl (C=O) groups excluding carboxylic acids is 1. The number of ether oxygens (including phenoxy) is 1. The van der Waals surface area contributed by atoms with Crippen molar-refractivity contribution in [2.24, 2.45) is 0 Å². The zero-order valence-electron chi connectivity index (χ0n) is 13.8. The van der Waals surface area contributed by atoms with Crippen molar-refractivity contribution in [2.45, 2.75) is 18.9 Å². The summed E-state index contributed by atoms with van der Waals surface area (Å²) in [6.07, 6.45) is 5.31. The average Bonchev–Trinajstić information content (AvgIpc) is 2.67. The molecular weight excluding hydrogens is 318 g/mol. The van der Waals surface area contributed by atoms with Crippen LogP contribution in [0, 0.1) is 11.3 Å². The lowest BCUT2D eigenvalue weighted by molar-refractivity contribution is -0.123. The van der Waals surface area contributed by atoms with Crippen molar-refractivity contribution in [1.29, 1.82) is 5.26 Å². The molecule has 2 heterocycles. The van der Waals surface area contributed by atoms with Crippen LogP contribution in [0.4, 0.5) is 5.95 Å². The molecule has 1 aliphatic heterocycles. The Labute approximate surface area is 146 Å². The fourth-order valence-electron chi connectivity index (χ4n) is 2.80. The van der Waals surface area contributed by atoms with Gasteiger partial charge in [-0.05, 0) is 37.1 Å². The zero-order valence-corrected chi connectivity index (χ0v) is 13.8. The third-order valence-corrected chi connectivity index (χ3v) is 3.95. The molecule has 7 nitrogen and oxygen atoms in total. The van der Waals surface area contributed by atoms with E-state index in [2.05, 4.69) is 20.2 Å². The van der Waals surface area contributed by atoms with Crippen LogP contribution in [-0.2, 0) is 4.79 Å². The van der Waals surface area contributed by atoms with Crippen molar-refractivity contribution >= 4 is 11.9 Å². The molecule has 1 amide bonds. The molecule has 7 heteroatoms. The molecule has 1 aromatic carbocycles. The summed E-state index contributed by atoms with van der Waals surface area (Å²) in [6, 6.07) is 10.6. The third-order valence-electron chi connectivity index (χ3n) is 3.95. The van der Waals surface area contributed by atoms with Gasteiger partial charge < -0.3 is 15.0 Å². The Morgan fingerprint density at radius 3 is 3.00 bits per heavy atom. The standard InChI is InChI=1S/C18H19N5O2/c19-11-14-4-1-6-16(10-14)25-13-17(24)22-15-5-2-9-23(12-15)18-20-7-3-8-21-18/h1,3-4,6-8,10,15H,2,5,9,12-13H2,(H,22,24). The number of piperidine rings is 1. The molecule has 128 valence electrons. The summed E-state index contributed by atoms with van der Waals surface area (Å²) >= 11 is 0. The van der Waals surface area contributed by atoms with E-state index >= 15 is 0 Å². The molecule has 1 aliphatic rings. The molecule has 25 heavy (non-hydrogen) atoms. The van der Waals surface area contributed by atoms with Gasteiger partial charge in [-0.3, -0.25) is 4.79 Å². The molecule has 0 saturated carbocycles. The predicted octanol–water partition coefficient (Wildman–Crippen LogP) is 1.51. The highest BCUT2D eigenvalue weighted by atomic mass is 16.5. The van der Waals surface area contributed by atoms with Crippen molar-refractivity contribution in [2.75, 3.05) is 24.6 Å². The summed E-state index contributed by atoms with van der Waals surface area (Å²) < 4.78 is 5.46. The summed E-state index contributed by atoms with van der Waals surface area (Å²) in [4.78, 5) is 22.7. The van der Waals surface area contributed by atoms with Gasteiger partial charge in [-0.2, -0.15) is 5.26 Å². The van der Waals surface area contributed by atoms with Gasteiger partial charge in [-0.1, -0.05) is 6.07 Å². The van der Waals surface area contributed by atoms with Crippen LogP contribution >= 0.6 is 0 Å². The van der Waals surface area contributed by atoms with E-state index in [0.717, 1.165) is 19.4 Å². The summed E-state index contributed by atoms with van der Waals surface area (Å²) in [7, 11) is 0. The Kier molecular flexibility index (Phi) is 5.42. The number of benzene rings is 1. The van der Waals surface area contributed by atoms with Crippen LogP contribution in [0.3, 0.4) is 0 Å². The van der Waals surface area contributed by atoms with E-state index in [1.165, 1.54) is 0 Å². The van der Waals surface area contributed by atoms with Crippen molar-refractivity contribution in [3.05, 3.63) is 48.3 Å². The van der Waals surface area contributed by atoms with Crippen LogP contribution in [0.2, 0.25) is 0 Å². The van der Waals surface area contributed by atoms with Gasteiger partial charge in [0.25, 0.3) is 5.91 Å². The second kappa shape index (κ2) is 8.11. The minimum atomic E-state index is -0.178. The van der Waals surface area contributed by atoms with Gasteiger partial charge in [-0.25, -0.2) is 9.97 Å². The minimum absolute atomic E-state index is 0.0408. The molecule has 1 aromatic heterocycles. The number of rotatable bonds is 5. The van der Waals surface area contributed by atoms with Crippen LogP contribution in [0.25, 0.3) is 0 Å². The van der Waals surface area contributed by atoms with Crippen molar-refractivity contribution < 1.29 is 9.53 Å². The van der Waals surface area contributed by atoms with Gasteiger partial charge in [0.1, 0.15) is 5.75 Å². The molecule has 1 atom stereocenters. The highest BCUT2D eigenvalue weighted by molar-refractivity contribution is 5.78. The van der Waals surface area contributed by atoms with E-state index in [-0.39, 0.29) is 18.6 Å². The van der Waals surface area contributed by atoms with Crippen LogP contribution in [0.1, 0.15) is 18.4 Å². The first-order valence-electron chi connectivity index (χ1n) is 8.19. The largest absolute Gasteiger partial charge is 0.484 e. The normalized spacial score (nSPS) is 16.8. The number of nitriles is 1. The lowest BCUT2D eigenvalue weighted by Gasteiger charge is -2.33. The molecule has 0 radical (unpaired) electrons. The van der Waals surface area contributed by atoms with Gasteiger partial charge in [0.15, 0.2) is 6.61 Å². The number of amides is 1. The fraction of sp³-hybridized carbons (Fsp3) is 0.333. The van der Waals surface area contributed by atoms with E-state index in [9.17, 15) is 4.79 Å². The number of nitrogens with one attached hydrogen (secondary N) is 1. The van der Waals surface area contributed by atoms with Crippen LogP contribution < -0.4 is 15.0 Å². The molecule has 2 aromatic rings. The quantitative estimate of drug-likeness (QED) is 0.889. The van der Waals surface area contributed by atoms with Crippen molar-refractivity contribution in [3.63, 3.8) is 0 Å². The van der Waals surface area contributed by atoms with Crippen LogP contribution in [-0.4, -0.2) is 41.6 Å². The number of aromatic nitrogens is 2. The Morgan fingerprint density at radius 1 is 1.36 bits per heavy atom. The zero-order chi connectivity index (χ0) is 17.5. The Hall–Kier alpha value is -3.14. The molecule has 1 unspecified atom stereocenters. The average molecular weight is 337 g/mol. The molecule has 0 bridgehead atoms. The summed E-state index contributed by atoms with van der Waals surface area (Å²) in [5.74, 6) is 1.02. The summed E-state index contributed by atoms with van der Waals surface area (Å²) in [5, 5.41) is 11.9. The van der Waals surface area contributed by atoms with Crippen molar-refractivity contribution in [1.82, 2.24) is 15.3 Å². The van der Waals surface area contributed by atoms with Crippen molar-refractivity contribution in [3.8, 4) is 11.8 Å². The minimum Gasteiger partial charge on any atom is -0.484 e. The lowest BCUT2D eigenvalue weighted by Crippen LogP contribution is -2.49. The maximum atomic E-state index is 12.1. The number of hydrogen-bond donors (Lipinski definition) is 1. The number of anilines is 1. The number of hydrogen-bond acceptors (Lipinski definition) is 6. The number of carbonyl (C=O) groups is 1. The van der Waals surface area contributed by atoms with Crippen LogP contribution in [0.5, 0.6) is 5.75 Å². The topological polar surface area (TPSA) is 91.1 Å². The first kappa shape index (κ1) is 16.7. The predicted molar refractivity (Wildman–Crippen MR) is 92.1 cm³/mol. The second-order valence-electron chi connectivity index (χ2n) is 5.83. The Morgan fingerprint density at radius 2 is 2.20 bits per heavy atom. The molecule has 0 aliphatic carbocycles. The maximum Gasteiger partial charge on any atom is 0.258 e. The van der Waals surface area contributed by atoms with Gasteiger partial charge in [0.05, 0.1) is 11.6 Å². The Balaban J connectivity index is 1.50. The monoisotopic (exact) mass is 337 g/mol. The van der Waals surface area contributed by atoms with Crippen LogP contribution in [0.15, 0.2) is 42.7 Å². The molecule has 1 saturated heterocycles. The number of nitrogens with zero attached hydrogens (tertiary/aromatic N) is 4. The molecular formula is C18H19N5O2. The molecule has 1 fully saturated rings. The molecule has 3 rings (SSSR count). The van der Waals surface area contributed by atoms with E-state index < -0.39 is 0 Å². The van der Waals surface area contributed by atoms with E-state index in [4.69, 9.17) is 10.00 Å². The first-order chi connectivity index (χ1) is 12.2. The van der Waals surface area contributed by atoms with Gasteiger partial charge in [0.2, 0.25) is 5.95 Å². The fourth-order valence-corrected chi connectivity index (χ4v) is 2.80. The lowest BCUT2D eigenvalue weighted by atomic mass is 10.1. The molecule has 1 N–H and O–H groups in total. The second-order valence-corrected chi connectivity index (χ2v) is 5.83. The summed E-state index contributed by atoms with van der Waals surface area (Å²) in [6.45, 7) is 1.49. The summed E-state index contributed by atoms with van der Waals surface area (Å²) in [5.41, 5.74) is 0.503. The van der Waals surface area contributed by atoms with Gasteiger partial charge in [-0.15, -0.1) is 0 Å². The smallest absolute Gasteiger partial charge is 0.258 e. The van der Waals surface area contributed by atoms with E-state index in [0.29, 0.717) is 23.8 Å². The first-order valence-corrected chi connectivity index (χ1v) is 8.19. The van der Waals surface area contributed by atoms with Gasteiger partial charge in [0, 0.05) is 31.5 Å². The molecule has 0 spiro atoms. The third kappa shape index (κ3) is 4.67. The van der Waals surface area contributed by atoms with E-state index in [1.807, 2.05) is 6.07 Å². The van der Waals surface area contributed by atoms with Gasteiger partial charge >= 0.3 is 0 Å².